The van der Waals surface area contributed by atoms with Crippen LogP contribution in [0, 0.1) is 5.41 Å². The predicted octanol–water partition coefficient (Wildman–Crippen LogP) is 17.5. The standard InChI is InChI=1S/C23H23ClN6O3.C22H23ClN6O4S.C21H20Cl2N6O3S.C19H14Cl3N5O/c1-4-29(5-2)22(32)16-12-15(13-17(24)20(16)31)25-19-18(14-10-8-7-9-11-14)28-30-21(19)26-27-23(30)33-6-3;1-4-28(5-2)34(31,32)17-13-15(12-16(23)20(17)30)24-19-18(14-10-8-7-9-11-14)27-29-21(19)25-26-22(29)33-6-3;1-21(2,3)18-16(24-13-9-14(22)17(30)15(23)10-13)20-25-19(27-29(20)26-18)11-5-7-12(8-6-11)28-33(4,31)32;1-9(2)18-24-19-16(23-10-7-13(21)17(28)14(22)8-10)15(25-27(19)26-18)11-5-3-4-6-12(11)20/h7-13,31H,4-6H2,1-3H3;7-13,30H,4-6H2,1-3H3;5-10,28,30H,1-4H3;3-9,28H,1-2H3. The number of phenols is 4. The van der Waals surface area contributed by atoms with Crippen LogP contribution < -0.4 is 14.2 Å². The number of hydrogen-bond acceptors (Lipinski definition) is 27. The zero-order chi connectivity index (χ0) is 92.1. The number of phenolic OH excluding ortho intramolecular Hbond substituents is 4. The van der Waals surface area contributed by atoms with Crippen LogP contribution in [0.5, 0.6) is 35.0 Å². The van der Waals surface area contributed by atoms with E-state index < -0.39 is 25.8 Å². The van der Waals surface area contributed by atoms with E-state index in [2.05, 4.69) is 80.7 Å². The second-order valence-corrected chi connectivity index (χ2v) is 35.8. The number of anilines is 1. The zero-order valence-electron chi connectivity index (χ0n) is 70.3. The first kappa shape index (κ1) is 93.3. The van der Waals surface area contributed by atoms with Gasteiger partial charge in [-0.25, -0.2) is 46.8 Å². The second kappa shape index (κ2) is 39.1. The van der Waals surface area contributed by atoms with Crippen LogP contribution in [0.25, 0.3) is 11.4 Å². The minimum Gasteiger partial charge on any atom is -0.506 e. The summed E-state index contributed by atoms with van der Waals surface area (Å²) in [4.78, 5) is 45.0. The van der Waals surface area contributed by atoms with Gasteiger partial charge < -0.3 is 34.8 Å². The van der Waals surface area contributed by atoms with Gasteiger partial charge in [0.1, 0.15) is 50.6 Å². The van der Waals surface area contributed by atoms with Crippen LogP contribution in [-0.4, -0.2) is 203 Å². The number of carbonyl (C=O) groups excluding carboxylic acids is 1. The van der Waals surface area contributed by atoms with Crippen molar-refractivity contribution in [2.45, 2.75) is 87.0 Å². The fraction of sp³-hybridized carbons (Fsp3) is 0.235. The number of benzene rings is 8. The molecule has 1 amide bonds. The Morgan fingerprint density at radius 2 is 0.914 bits per heavy atom. The topological polar surface area (TPSA) is 425 Å². The fourth-order valence-corrected chi connectivity index (χ4v) is 16.7. The van der Waals surface area contributed by atoms with E-state index in [-0.39, 0.29) is 106 Å². The number of nitrogens with zero attached hydrogens (tertiary/aromatic N) is 22. The maximum atomic E-state index is 13.1. The third kappa shape index (κ3) is 20.1. The monoisotopic (exact) mass is 1910 g/mol. The molecule has 0 saturated heterocycles. The summed E-state index contributed by atoms with van der Waals surface area (Å²) in [5.74, 6) is 1.34. The van der Waals surface area contributed by atoms with Crippen molar-refractivity contribution in [3.63, 3.8) is 0 Å². The zero-order valence-corrected chi connectivity index (χ0v) is 77.2. The second-order valence-electron chi connectivity index (χ2n) is 29.3. The first-order valence-electron chi connectivity index (χ1n) is 39.4. The highest BCUT2D eigenvalue weighted by atomic mass is 35.5. The molecular weight excluding hydrogens is 1830 g/mol. The molecule has 128 heavy (non-hydrogen) atoms. The summed E-state index contributed by atoms with van der Waals surface area (Å²) >= 11 is 43.1. The molecule has 0 aliphatic carbocycles. The molecule has 0 bridgehead atoms. The molecule has 0 unspecified atom stereocenters. The first-order valence-corrected chi connectivity index (χ1v) is 45.4. The van der Waals surface area contributed by atoms with E-state index in [1.807, 2.05) is 141 Å². The van der Waals surface area contributed by atoms with Crippen molar-refractivity contribution in [3.8, 4) is 46.4 Å². The first-order chi connectivity index (χ1) is 60.9. The Hall–Kier alpha value is -12.4. The minimum atomic E-state index is -3.99. The molecule has 0 saturated carbocycles. The highest BCUT2D eigenvalue weighted by Gasteiger charge is 2.38. The van der Waals surface area contributed by atoms with E-state index in [0.29, 0.717) is 146 Å². The highest BCUT2D eigenvalue weighted by Crippen LogP contribution is 2.42. The Morgan fingerprint density at radius 1 is 0.477 bits per heavy atom. The Bertz CT molecular complexity index is 6780. The average Bonchev–Trinajstić information content (AvgIpc) is 1.60. The molecule has 0 fully saturated rings. The molecule has 8 heterocycles. The summed E-state index contributed by atoms with van der Waals surface area (Å²) in [7, 11) is -7.37. The summed E-state index contributed by atoms with van der Waals surface area (Å²) in [5, 5.41) is 85.1. The summed E-state index contributed by atoms with van der Waals surface area (Å²) in [6.07, 6.45) is 1.09. The van der Waals surface area contributed by atoms with E-state index in [4.69, 9.17) is 95.7 Å². The molecule has 0 atom stereocenters. The van der Waals surface area contributed by atoms with Gasteiger partial charge in [0.25, 0.3) is 5.91 Å². The molecule has 4 aliphatic rings. The highest BCUT2D eigenvalue weighted by molar-refractivity contribution is 7.92. The Morgan fingerprint density at radius 3 is 1.38 bits per heavy atom. The minimum absolute atomic E-state index is 0.0278. The van der Waals surface area contributed by atoms with Crippen molar-refractivity contribution in [2.75, 3.05) is 50.4 Å². The van der Waals surface area contributed by atoms with Gasteiger partial charge in [0.05, 0.1) is 88.7 Å². The van der Waals surface area contributed by atoms with Gasteiger partial charge in [-0.1, -0.05) is 219 Å². The number of hydrogen-bond donors (Lipinski definition) is 5. The summed E-state index contributed by atoms with van der Waals surface area (Å²) < 4.78 is 66.7. The van der Waals surface area contributed by atoms with Crippen molar-refractivity contribution >= 4 is 181 Å². The lowest BCUT2D eigenvalue weighted by molar-refractivity contribution is 0.0769. The van der Waals surface area contributed by atoms with Crippen LogP contribution in [0.3, 0.4) is 0 Å². The van der Waals surface area contributed by atoms with E-state index in [0.717, 1.165) is 17.4 Å². The van der Waals surface area contributed by atoms with Gasteiger partial charge in [-0.3, -0.25) is 9.52 Å². The van der Waals surface area contributed by atoms with Crippen LogP contribution in [0.15, 0.2) is 203 Å². The molecule has 16 rings (SSSR count). The van der Waals surface area contributed by atoms with Crippen LogP contribution in [0.2, 0.25) is 35.2 Å². The Labute approximate surface area is 769 Å². The number of halogens is 7. The molecule has 4 aromatic heterocycles. The number of aromatic hydroxyl groups is 4. The number of aromatic nitrogens is 12. The molecular formula is C85H80Cl7N23O11S2. The molecule has 8 aromatic carbocycles. The summed E-state index contributed by atoms with van der Waals surface area (Å²) in [5.41, 5.74) is 8.71. The van der Waals surface area contributed by atoms with E-state index in [9.17, 15) is 42.1 Å². The molecule has 662 valence electrons. The lowest BCUT2D eigenvalue weighted by atomic mass is 9.87. The Kier molecular flexibility index (Phi) is 28.5. The van der Waals surface area contributed by atoms with Gasteiger partial charge in [-0.2, -0.15) is 29.0 Å². The van der Waals surface area contributed by atoms with E-state index in [1.165, 1.54) is 71.8 Å². The van der Waals surface area contributed by atoms with Crippen LogP contribution in [-0.2, 0) is 20.0 Å². The van der Waals surface area contributed by atoms with Crippen LogP contribution in [0.1, 0.15) is 138 Å². The number of nitrogens with one attached hydrogen (secondary N) is 1. The van der Waals surface area contributed by atoms with Gasteiger partial charge >= 0.3 is 12.0 Å². The van der Waals surface area contributed by atoms with Gasteiger partial charge in [0, 0.05) is 65.5 Å². The number of fused-ring (bicyclic) bond motifs is 4. The smallest absolute Gasteiger partial charge is 0.339 e. The molecule has 43 heteroatoms. The van der Waals surface area contributed by atoms with Crippen LogP contribution in [0.4, 0.5) is 28.4 Å². The summed E-state index contributed by atoms with van der Waals surface area (Å²) in [6, 6.07) is 45.1. The Balaban J connectivity index is 0.000000146. The fourth-order valence-electron chi connectivity index (χ4n) is 12.9. The predicted molar refractivity (Wildman–Crippen MR) is 497 cm³/mol. The van der Waals surface area contributed by atoms with Crippen LogP contribution >= 0.6 is 81.2 Å². The number of sulfonamides is 2. The number of ether oxygens (including phenoxy) is 2. The quantitative estimate of drug-likeness (QED) is 0.0421. The lowest BCUT2D eigenvalue weighted by Gasteiger charge is -2.19. The molecule has 4 aliphatic heterocycles. The number of amides is 1. The third-order valence-electron chi connectivity index (χ3n) is 19.0. The maximum absolute atomic E-state index is 13.1. The molecule has 0 spiro atoms. The van der Waals surface area contributed by atoms with Crippen molar-refractivity contribution in [2.24, 2.45) is 45.8 Å². The van der Waals surface area contributed by atoms with Crippen molar-refractivity contribution in [3.05, 3.63) is 244 Å². The van der Waals surface area contributed by atoms with Crippen molar-refractivity contribution < 1.29 is 51.5 Å². The number of rotatable bonds is 22. The van der Waals surface area contributed by atoms with Crippen molar-refractivity contribution in [1.82, 2.24) is 68.7 Å². The van der Waals surface area contributed by atoms with Gasteiger partial charge in [0.2, 0.25) is 43.3 Å². The average molecular weight is 1910 g/mol. The third-order valence-corrected chi connectivity index (χ3v) is 23.8. The summed E-state index contributed by atoms with van der Waals surface area (Å²) in [6.45, 7) is 23.1. The SMILES string of the molecule is CC(C)(C)C1=Nn2nc(-c3ccc(NS(C)(=O)=O)cc3)nc2C1=Nc1cc(Cl)c(O)c(Cl)c1.CC(C)c1nc2n(n1)N=C(c1ccccc1Cl)C2=Nc1cc(Cl)c(O)c(Cl)c1.CCOc1nnc2n1N=C(c1ccccc1)C2=Nc1cc(Cl)c(O)c(C(=O)N(CC)CC)c1.CCOc1nnc2n1N=C(c1ccccc1)C2=Nc1cc(Cl)c(O)c(S(=O)(=O)N(CC)CC)c1. The largest absolute Gasteiger partial charge is 0.506 e. The van der Waals surface area contributed by atoms with Gasteiger partial charge in [-0.15, -0.1) is 35.1 Å². The number of aliphatic imine (C=N–C) groups is 4. The normalized spacial score (nSPS) is 14.4. The molecule has 0 radical (unpaired) electrons. The van der Waals surface area contributed by atoms with E-state index in [1.54, 1.807) is 49.1 Å². The molecule has 12 aromatic rings. The lowest BCUT2D eigenvalue weighted by Crippen LogP contribution is -2.30. The van der Waals surface area contributed by atoms with E-state index >= 15 is 0 Å². The van der Waals surface area contributed by atoms with Gasteiger partial charge in [0.15, 0.2) is 28.9 Å². The van der Waals surface area contributed by atoms with Crippen molar-refractivity contribution in [1.29, 1.82) is 0 Å². The van der Waals surface area contributed by atoms with Gasteiger partial charge in [-0.05, 0) is 107 Å². The molecule has 5 N–H and O–H groups in total. The maximum Gasteiger partial charge on any atom is 0.339 e. The number of carbonyl (C=O) groups is 1. The molecule has 34 nitrogen and oxygen atoms in total.